The highest BCUT2D eigenvalue weighted by Gasteiger charge is 2.43. The van der Waals surface area contributed by atoms with Gasteiger partial charge in [-0.3, -0.25) is 9.78 Å². The minimum Gasteiger partial charge on any atom is -0.397 e. The molecule has 35 heavy (non-hydrogen) atoms. The van der Waals surface area contributed by atoms with Crippen molar-refractivity contribution < 1.29 is 28.2 Å². The lowest BCUT2D eigenvalue weighted by Gasteiger charge is -2.43. The molecule has 1 aliphatic carbocycles. The van der Waals surface area contributed by atoms with E-state index in [9.17, 15) is 28.2 Å². The standard InChI is InChI=1S/C26H26F3N3O3/c1-13-8-14(10-22(34)26(13,2)35)16-6-7-31-12-15(16)9-21(33)25-20(30)11-19(29)24(32-25)23-17(27)4-3-5-18(23)28/h3-7,11-14,22,34-35H,8-10,30H2,1-2H3/t13-,14+,22+,26+/m0/s1. The first-order chi connectivity index (χ1) is 16.5. The van der Waals surface area contributed by atoms with Crippen molar-refractivity contribution in [3.8, 4) is 11.3 Å². The van der Waals surface area contributed by atoms with Gasteiger partial charge in [-0.25, -0.2) is 18.2 Å². The summed E-state index contributed by atoms with van der Waals surface area (Å²) in [5.41, 5.74) is 4.11. The molecular formula is C26H26F3N3O3. The average Bonchev–Trinajstić information content (AvgIpc) is 2.79. The predicted molar refractivity (Wildman–Crippen MR) is 124 cm³/mol. The van der Waals surface area contributed by atoms with E-state index in [-0.39, 0.29) is 29.6 Å². The van der Waals surface area contributed by atoms with Crippen LogP contribution in [0.15, 0.2) is 42.7 Å². The summed E-state index contributed by atoms with van der Waals surface area (Å²) in [5, 5.41) is 21.0. The summed E-state index contributed by atoms with van der Waals surface area (Å²) in [6.45, 7) is 3.46. The van der Waals surface area contributed by atoms with E-state index in [4.69, 9.17) is 5.73 Å². The molecule has 184 valence electrons. The Morgan fingerprint density at radius 2 is 1.86 bits per heavy atom. The van der Waals surface area contributed by atoms with Crippen LogP contribution in [0.25, 0.3) is 11.3 Å². The number of ketones is 1. The molecule has 1 aromatic carbocycles. The van der Waals surface area contributed by atoms with E-state index in [2.05, 4.69) is 9.97 Å². The van der Waals surface area contributed by atoms with Gasteiger partial charge in [0.15, 0.2) is 11.6 Å². The number of hydrogen-bond donors (Lipinski definition) is 3. The first kappa shape index (κ1) is 24.8. The predicted octanol–water partition coefficient (Wildman–Crippen LogP) is 4.19. The van der Waals surface area contributed by atoms with Crippen molar-refractivity contribution in [2.45, 2.75) is 50.7 Å². The second-order valence-corrected chi connectivity index (χ2v) is 9.34. The number of aliphatic hydroxyl groups excluding tert-OH is 1. The van der Waals surface area contributed by atoms with Crippen molar-refractivity contribution in [1.29, 1.82) is 0 Å². The van der Waals surface area contributed by atoms with Gasteiger partial charge in [0, 0.05) is 24.9 Å². The molecule has 4 rings (SSSR count). The first-order valence-electron chi connectivity index (χ1n) is 11.3. The number of carbonyl (C=O) groups is 1. The lowest BCUT2D eigenvalue weighted by molar-refractivity contribution is -0.123. The van der Waals surface area contributed by atoms with Crippen LogP contribution in [0.4, 0.5) is 18.9 Å². The minimum absolute atomic E-state index is 0.132. The molecule has 1 saturated carbocycles. The van der Waals surface area contributed by atoms with Crippen LogP contribution in [0.5, 0.6) is 0 Å². The van der Waals surface area contributed by atoms with Gasteiger partial charge < -0.3 is 15.9 Å². The number of rotatable bonds is 5. The summed E-state index contributed by atoms with van der Waals surface area (Å²) < 4.78 is 43.1. The minimum atomic E-state index is -1.22. The Hall–Kier alpha value is -3.30. The second-order valence-electron chi connectivity index (χ2n) is 9.34. The molecule has 0 spiro atoms. The monoisotopic (exact) mass is 485 g/mol. The topological polar surface area (TPSA) is 109 Å². The maximum absolute atomic E-state index is 14.6. The molecule has 6 nitrogen and oxygen atoms in total. The van der Waals surface area contributed by atoms with Gasteiger partial charge in [-0.15, -0.1) is 0 Å². The Labute approximate surface area is 200 Å². The van der Waals surface area contributed by atoms with Crippen molar-refractivity contribution in [1.82, 2.24) is 9.97 Å². The molecule has 0 aliphatic heterocycles. The molecule has 0 unspecified atom stereocenters. The number of hydrogen-bond acceptors (Lipinski definition) is 6. The van der Waals surface area contributed by atoms with Gasteiger partial charge in [0.05, 0.1) is 23.0 Å². The molecule has 4 atom stereocenters. The van der Waals surface area contributed by atoms with Crippen molar-refractivity contribution >= 4 is 11.5 Å². The number of nitrogen functional groups attached to an aromatic ring is 1. The van der Waals surface area contributed by atoms with Crippen molar-refractivity contribution in [2.75, 3.05) is 5.73 Å². The molecule has 4 N–H and O–H groups in total. The maximum atomic E-state index is 14.6. The number of carbonyl (C=O) groups excluding carboxylic acids is 1. The van der Waals surface area contributed by atoms with Crippen LogP contribution in [-0.4, -0.2) is 37.7 Å². The van der Waals surface area contributed by atoms with E-state index < -0.39 is 46.2 Å². The molecule has 0 bridgehead atoms. The quantitative estimate of drug-likeness (QED) is 0.468. The Morgan fingerprint density at radius 3 is 2.51 bits per heavy atom. The highest BCUT2D eigenvalue weighted by Crippen LogP contribution is 2.42. The number of pyridine rings is 2. The highest BCUT2D eigenvalue weighted by atomic mass is 19.1. The van der Waals surface area contributed by atoms with Crippen molar-refractivity contribution in [3.63, 3.8) is 0 Å². The summed E-state index contributed by atoms with van der Waals surface area (Å²) in [7, 11) is 0. The van der Waals surface area contributed by atoms with Crippen LogP contribution in [0.3, 0.4) is 0 Å². The van der Waals surface area contributed by atoms with Gasteiger partial charge in [-0.05, 0) is 60.9 Å². The zero-order valence-corrected chi connectivity index (χ0v) is 19.3. The summed E-state index contributed by atoms with van der Waals surface area (Å²) in [6, 6.07) is 5.66. The van der Waals surface area contributed by atoms with E-state index in [1.54, 1.807) is 19.2 Å². The summed E-state index contributed by atoms with van der Waals surface area (Å²) in [5.74, 6) is -3.99. The maximum Gasteiger partial charge on any atom is 0.187 e. The van der Waals surface area contributed by atoms with Gasteiger partial charge >= 0.3 is 0 Å². The van der Waals surface area contributed by atoms with E-state index >= 15 is 0 Å². The van der Waals surface area contributed by atoms with Crippen LogP contribution in [0, 0.1) is 23.4 Å². The largest absolute Gasteiger partial charge is 0.397 e. The average molecular weight is 486 g/mol. The van der Waals surface area contributed by atoms with Crippen LogP contribution in [0.1, 0.15) is 54.2 Å². The number of benzene rings is 1. The van der Waals surface area contributed by atoms with Crippen LogP contribution in [0.2, 0.25) is 0 Å². The lowest BCUT2D eigenvalue weighted by Crippen LogP contribution is -2.49. The molecular weight excluding hydrogens is 459 g/mol. The third kappa shape index (κ3) is 4.66. The Kier molecular flexibility index (Phi) is 6.66. The van der Waals surface area contributed by atoms with E-state index in [1.165, 1.54) is 6.20 Å². The van der Waals surface area contributed by atoms with Gasteiger partial charge in [0.1, 0.15) is 23.0 Å². The SMILES string of the molecule is C[C@H]1C[C@@H](c2ccncc2CC(=O)c2nc(-c3c(F)cccc3F)c(F)cc2N)C[C@@H](O)[C@]1(C)O. The number of halogens is 3. The number of aliphatic hydroxyl groups is 2. The Bertz CT molecular complexity index is 1250. The number of nitrogens with two attached hydrogens (primary N) is 1. The molecule has 0 amide bonds. The van der Waals surface area contributed by atoms with Crippen molar-refractivity contribution in [3.05, 3.63) is 77.0 Å². The lowest BCUT2D eigenvalue weighted by atomic mass is 9.68. The number of anilines is 1. The summed E-state index contributed by atoms with van der Waals surface area (Å²) in [4.78, 5) is 21.2. The number of nitrogens with zero attached hydrogens (tertiary/aromatic N) is 2. The summed E-state index contributed by atoms with van der Waals surface area (Å²) >= 11 is 0. The molecule has 9 heteroatoms. The number of aromatic nitrogens is 2. The van der Waals surface area contributed by atoms with Gasteiger partial charge in [-0.2, -0.15) is 0 Å². The number of Topliss-reactive ketones (excluding diaryl/α,β-unsaturated/α-hetero) is 1. The van der Waals surface area contributed by atoms with Gasteiger partial charge in [0.25, 0.3) is 0 Å². The zero-order valence-electron chi connectivity index (χ0n) is 19.3. The zero-order chi connectivity index (χ0) is 25.5. The Balaban J connectivity index is 1.67. The fourth-order valence-electron chi connectivity index (χ4n) is 4.72. The smallest absolute Gasteiger partial charge is 0.187 e. The Morgan fingerprint density at radius 1 is 1.17 bits per heavy atom. The van der Waals surface area contributed by atoms with Gasteiger partial charge in [0.2, 0.25) is 0 Å². The third-order valence-electron chi connectivity index (χ3n) is 7.02. The molecule has 0 radical (unpaired) electrons. The van der Waals surface area contributed by atoms with Crippen molar-refractivity contribution in [2.24, 2.45) is 5.92 Å². The molecule has 2 heterocycles. The highest BCUT2D eigenvalue weighted by molar-refractivity contribution is 6.00. The molecule has 1 fully saturated rings. The molecule has 3 aromatic rings. The fraction of sp³-hybridized carbons (Fsp3) is 0.346. The molecule has 1 aliphatic rings. The van der Waals surface area contributed by atoms with Gasteiger partial charge in [-0.1, -0.05) is 13.0 Å². The normalized spacial score (nSPS) is 24.4. The third-order valence-corrected chi connectivity index (χ3v) is 7.02. The molecule has 2 aromatic heterocycles. The fourth-order valence-corrected chi connectivity index (χ4v) is 4.72. The summed E-state index contributed by atoms with van der Waals surface area (Å²) in [6.07, 6.45) is 2.85. The van der Waals surface area contributed by atoms with E-state index in [0.29, 0.717) is 18.4 Å². The van der Waals surface area contributed by atoms with E-state index in [0.717, 1.165) is 29.8 Å². The van der Waals surface area contributed by atoms with Crippen LogP contribution < -0.4 is 5.73 Å². The second kappa shape index (κ2) is 9.39. The molecule has 0 saturated heterocycles. The van der Waals surface area contributed by atoms with Crippen LogP contribution >= 0.6 is 0 Å². The van der Waals surface area contributed by atoms with Crippen LogP contribution in [-0.2, 0) is 6.42 Å². The van der Waals surface area contributed by atoms with E-state index in [1.807, 2.05) is 6.92 Å². The first-order valence-corrected chi connectivity index (χ1v) is 11.3.